The number of nitrogens with zero attached hydrogens (tertiary/aromatic N) is 1. The Hall–Kier alpha value is -3.39. The predicted molar refractivity (Wildman–Crippen MR) is 111 cm³/mol. The van der Waals surface area contributed by atoms with Gasteiger partial charge in [-0.15, -0.1) is 0 Å². The van der Waals surface area contributed by atoms with Crippen molar-refractivity contribution < 1.29 is 0 Å². The second-order valence-corrected chi connectivity index (χ2v) is 6.37. The quantitative estimate of drug-likeness (QED) is 0.358. The molecule has 4 aromatic carbocycles. The van der Waals surface area contributed by atoms with E-state index in [9.17, 15) is 0 Å². The molecule has 0 heterocycles. The van der Waals surface area contributed by atoms with Crippen LogP contribution in [0.25, 0.3) is 10.8 Å². The number of anilines is 1. The summed E-state index contributed by atoms with van der Waals surface area (Å²) < 4.78 is 0. The first-order chi connectivity index (χ1) is 12.8. The average Bonchev–Trinajstić information content (AvgIpc) is 2.70. The lowest BCUT2D eigenvalue weighted by Gasteiger charge is -2.09. The Labute approximate surface area is 153 Å². The summed E-state index contributed by atoms with van der Waals surface area (Å²) in [4.78, 5) is 0. The zero-order valence-corrected chi connectivity index (χ0v) is 14.7. The summed E-state index contributed by atoms with van der Waals surface area (Å²) in [6.45, 7) is 2.09. The van der Waals surface area contributed by atoms with Crippen LogP contribution in [0.15, 0.2) is 102 Å². The second kappa shape index (κ2) is 7.24. The molecule has 0 radical (unpaired) electrons. The highest BCUT2D eigenvalue weighted by atomic mass is 15.3. The molecule has 0 saturated carbocycles. The minimum absolute atomic E-state index is 0.929. The topological polar surface area (TPSA) is 24.4 Å². The van der Waals surface area contributed by atoms with Gasteiger partial charge < -0.3 is 0 Å². The van der Waals surface area contributed by atoms with Crippen LogP contribution >= 0.6 is 0 Å². The summed E-state index contributed by atoms with van der Waals surface area (Å²) in [5, 5.41) is 7.16. The minimum Gasteiger partial charge on any atom is -0.278 e. The van der Waals surface area contributed by atoms with Crippen molar-refractivity contribution in [1.82, 2.24) is 0 Å². The number of hydrogen-bond acceptors (Lipinski definition) is 2. The predicted octanol–water partition coefficient (Wildman–Crippen LogP) is 6.01. The van der Waals surface area contributed by atoms with Gasteiger partial charge in [-0.05, 0) is 29.8 Å². The van der Waals surface area contributed by atoms with Gasteiger partial charge in [-0.25, -0.2) is 0 Å². The molecule has 2 heteroatoms. The number of aryl methyl sites for hydroxylation is 1. The van der Waals surface area contributed by atoms with Crippen LogP contribution < -0.4 is 5.43 Å². The van der Waals surface area contributed by atoms with Crippen molar-refractivity contribution in [2.45, 2.75) is 6.92 Å². The molecule has 0 amide bonds. The van der Waals surface area contributed by atoms with Gasteiger partial charge >= 0.3 is 0 Å². The smallest absolute Gasteiger partial charge is 0.0977 e. The second-order valence-electron chi connectivity index (χ2n) is 6.37. The summed E-state index contributed by atoms with van der Waals surface area (Å²) in [6, 6.07) is 33.3. The maximum Gasteiger partial charge on any atom is 0.0977 e. The first-order valence-electron chi connectivity index (χ1n) is 8.74. The molecule has 0 aliphatic carbocycles. The van der Waals surface area contributed by atoms with E-state index in [1.807, 2.05) is 18.2 Å². The van der Waals surface area contributed by atoms with Gasteiger partial charge in [0.1, 0.15) is 0 Å². The number of hydrogen-bond donors (Lipinski definition) is 1. The third-order valence-electron chi connectivity index (χ3n) is 4.42. The van der Waals surface area contributed by atoms with Gasteiger partial charge in [-0.3, -0.25) is 5.43 Å². The maximum absolute atomic E-state index is 4.74. The van der Waals surface area contributed by atoms with Crippen molar-refractivity contribution in [1.29, 1.82) is 0 Å². The fourth-order valence-corrected chi connectivity index (χ4v) is 2.98. The molecule has 0 saturated heterocycles. The molecule has 4 aromatic rings. The van der Waals surface area contributed by atoms with E-state index < -0.39 is 0 Å². The van der Waals surface area contributed by atoms with Crippen molar-refractivity contribution in [3.8, 4) is 0 Å². The minimum atomic E-state index is 0.929. The first kappa shape index (κ1) is 16.1. The van der Waals surface area contributed by atoms with E-state index in [4.69, 9.17) is 5.10 Å². The standard InChI is InChI=1S/C24H20N2/c1-18-11-13-21(14-12-18)24(20-8-3-2-4-9-20)26-25-23-16-15-19-7-5-6-10-22(19)17-23/h2-17,25H,1H3. The number of rotatable bonds is 4. The van der Waals surface area contributed by atoms with Crippen LogP contribution in [-0.4, -0.2) is 5.71 Å². The highest BCUT2D eigenvalue weighted by molar-refractivity contribution is 6.13. The number of hydrazone groups is 1. The molecular formula is C24H20N2. The average molecular weight is 336 g/mol. The Morgan fingerprint density at radius 1 is 0.654 bits per heavy atom. The normalized spacial score (nSPS) is 11.5. The summed E-state index contributed by atoms with van der Waals surface area (Å²) in [6.07, 6.45) is 0. The van der Waals surface area contributed by atoms with E-state index in [0.29, 0.717) is 0 Å². The summed E-state index contributed by atoms with van der Waals surface area (Å²) in [7, 11) is 0. The molecular weight excluding hydrogens is 316 g/mol. The van der Waals surface area contributed by atoms with E-state index in [2.05, 4.69) is 91.2 Å². The van der Waals surface area contributed by atoms with E-state index in [0.717, 1.165) is 22.5 Å². The highest BCUT2D eigenvalue weighted by Gasteiger charge is 2.07. The molecule has 126 valence electrons. The van der Waals surface area contributed by atoms with Crippen LogP contribution in [0.5, 0.6) is 0 Å². The highest BCUT2D eigenvalue weighted by Crippen LogP contribution is 2.19. The third kappa shape index (κ3) is 3.50. The molecule has 0 bridgehead atoms. The molecule has 0 unspecified atom stereocenters. The zero-order valence-electron chi connectivity index (χ0n) is 14.7. The molecule has 0 spiro atoms. The number of nitrogens with one attached hydrogen (secondary N) is 1. The van der Waals surface area contributed by atoms with Gasteiger partial charge in [0.05, 0.1) is 11.4 Å². The van der Waals surface area contributed by atoms with E-state index in [1.165, 1.54) is 16.3 Å². The SMILES string of the molecule is Cc1ccc(C(=NNc2ccc3ccccc3c2)c2ccccc2)cc1. The van der Waals surface area contributed by atoms with Crippen LogP contribution in [0, 0.1) is 6.92 Å². The van der Waals surface area contributed by atoms with Crippen molar-refractivity contribution in [2.75, 3.05) is 5.43 Å². The third-order valence-corrected chi connectivity index (χ3v) is 4.42. The molecule has 26 heavy (non-hydrogen) atoms. The van der Waals surface area contributed by atoms with Gasteiger partial charge in [0.2, 0.25) is 0 Å². The first-order valence-corrected chi connectivity index (χ1v) is 8.74. The lowest BCUT2D eigenvalue weighted by atomic mass is 10.0. The Morgan fingerprint density at radius 2 is 1.31 bits per heavy atom. The van der Waals surface area contributed by atoms with Gasteiger partial charge in [0.25, 0.3) is 0 Å². The van der Waals surface area contributed by atoms with Crippen LogP contribution in [0.4, 0.5) is 5.69 Å². The van der Waals surface area contributed by atoms with Crippen molar-refractivity contribution in [3.05, 3.63) is 114 Å². The summed E-state index contributed by atoms with van der Waals surface area (Å²) in [5.74, 6) is 0. The maximum atomic E-state index is 4.74. The van der Waals surface area contributed by atoms with Gasteiger partial charge in [-0.2, -0.15) is 5.10 Å². The summed E-state index contributed by atoms with van der Waals surface area (Å²) >= 11 is 0. The molecule has 0 fully saturated rings. The largest absolute Gasteiger partial charge is 0.278 e. The lowest BCUT2D eigenvalue weighted by molar-refractivity contribution is 1.33. The molecule has 4 rings (SSSR count). The van der Waals surface area contributed by atoms with Crippen LogP contribution in [0.2, 0.25) is 0 Å². The van der Waals surface area contributed by atoms with Gasteiger partial charge in [-0.1, -0.05) is 90.5 Å². The fourth-order valence-electron chi connectivity index (χ4n) is 2.98. The molecule has 0 aliphatic rings. The van der Waals surface area contributed by atoms with E-state index >= 15 is 0 Å². The molecule has 0 aliphatic heterocycles. The van der Waals surface area contributed by atoms with Crippen molar-refractivity contribution >= 4 is 22.2 Å². The number of fused-ring (bicyclic) bond motifs is 1. The molecule has 2 nitrogen and oxygen atoms in total. The Balaban J connectivity index is 1.71. The van der Waals surface area contributed by atoms with Gasteiger partial charge in [0, 0.05) is 11.1 Å². The van der Waals surface area contributed by atoms with Crippen molar-refractivity contribution in [3.63, 3.8) is 0 Å². The fraction of sp³-hybridized carbons (Fsp3) is 0.0417. The van der Waals surface area contributed by atoms with Gasteiger partial charge in [0.15, 0.2) is 0 Å². The number of benzene rings is 4. The van der Waals surface area contributed by atoms with Crippen LogP contribution in [0.1, 0.15) is 16.7 Å². The van der Waals surface area contributed by atoms with E-state index in [1.54, 1.807) is 0 Å². The van der Waals surface area contributed by atoms with Crippen molar-refractivity contribution in [2.24, 2.45) is 5.10 Å². The molecule has 0 atom stereocenters. The monoisotopic (exact) mass is 336 g/mol. The Bertz CT molecular complexity index is 1050. The molecule has 1 N–H and O–H groups in total. The molecule has 0 aromatic heterocycles. The van der Waals surface area contributed by atoms with E-state index in [-0.39, 0.29) is 0 Å². The lowest BCUT2D eigenvalue weighted by Crippen LogP contribution is -2.06. The van der Waals surface area contributed by atoms with Crippen LogP contribution in [-0.2, 0) is 0 Å². The Morgan fingerprint density at radius 3 is 2.08 bits per heavy atom. The van der Waals surface area contributed by atoms with Crippen LogP contribution in [0.3, 0.4) is 0 Å². The zero-order chi connectivity index (χ0) is 17.8. The Kier molecular flexibility index (Phi) is 4.48. The summed E-state index contributed by atoms with van der Waals surface area (Å²) in [5.41, 5.74) is 8.56.